The van der Waals surface area contributed by atoms with Crippen LogP contribution in [0.2, 0.25) is 0 Å². The number of hydrogen-bond acceptors (Lipinski definition) is 5. The van der Waals surface area contributed by atoms with Gasteiger partial charge in [0.2, 0.25) is 0 Å². The molecule has 2 fully saturated rings. The van der Waals surface area contributed by atoms with Crippen LogP contribution in [0, 0.1) is 0 Å². The van der Waals surface area contributed by atoms with E-state index in [0.717, 1.165) is 50.9 Å². The molecule has 1 unspecified atom stereocenters. The highest BCUT2D eigenvalue weighted by Gasteiger charge is 2.19. The molecule has 2 aliphatic heterocycles. The maximum atomic E-state index is 12.7. The van der Waals surface area contributed by atoms with Gasteiger partial charge in [0.25, 0.3) is 5.91 Å². The molecule has 9 nitrogen and oxygen atoms in total. The number of fused-ring (bicyclic) bond motifs is 1. The van der Waals surface area contributed by atoms with Gasteiger partial charge >= 0.3 is 6.03 Å². The minimum absolute atomic E-state index is 0.0609. The summed E-state index contributed by atoms with van der Waals surface area (Å²) in [6, 6.07) is 5.31. The van der Waals surface area contributed by atoms with Gasteiger partial charge in [0.15, 0.2) is 0 Å². The molecule has 9 heteroatoms. The van der Waals surface area contributed by atoms with Crippen LogP contribution in [0.25, 0.3) is 11.0 Å². The van der Waals surface area contributed by atoms with Crippen LogP contribution in [0.4, 0.5) is 4.79 Å². The smallest absolute Gasteiger partial charge is 0.314 e. The monoisotopic (exact) mass is 400 g/mol. The topological polar surface area (TPSA) is 101 Å². The molecule has 156 valence electrons. The third-order valence-corrected chi connectivity index (χ3v) is 5.53. The third-order valence-electron chi connectivity index (χ3n) is 5.53. The van der Waals surface area contributed by atoms with Crippen molar-refractivity contribution in [3.63, 3.8) is 0 Å². The number of amides is 3. The van der Waals surface area contributed by atoms with Gasteiger partial charge in [-0.1, -0.05) is 5.21 Å². The first-order valence-corrected chi connectivity index (χ1v) is 10.5. The Morgan fingerprint density at radius 3 is 2.79 bits per heavy atom. The molecule has 3 amide bonds. The summed E-state index contributed by atoms with van der Waals surface area (Å²) < 4.78 is 7.23. The summed E-state index contributed by atoms with van der Waals surface area (Å²) in [4.78, 5) is 26.5. The Morgan fingerprint density at radius 2 is 2.00 bits per heavy atom. The van der Waals surface area contributed by atoms with Crippen LogP contribution in [0.1, 0.15) is 42.5 Å². The van der Waals surface area contributed by atoms with Crippen molar-refractivity contribution in [2.24, 2.45) is 0 Å². The van der Waals surface area contributed by atoms with Crippen LogP contribution in [0.5, 0.6) is 0 Å². The van der Waals surface area contributed by atoms with Gasteiger partial charge in [-0.2, -0.15) is 0 Å². The Morgan fingerprint density at radius 1 is 1.14 bits per heavy atom. The first-order chi connectivity index (χ1) is 14.2. The number of nitrogens with one attached hydrogen (secondary N) is 2. The fraction of sp³-hybridized carbons (Fsp3) is 0.600. The highest BCUT2D eigenvalue weighted by molar-refractivity contribution is 5.97. The van der Waals surface area contributed by atoms with Crippen molar-refractivity contribution in [3.05, 3.63) is 23.8 Å². The molecule has 0 spiro atoms. The Hall–Kier alpha value is -2.68. The summed E-state index contributed by atoms with van der Waals surface area (Å²) in [5.74, 6) is 0.0609. The summed E-state index contributed by atoms with van der Waals surface area (Å²) in [5.41, 5.74) is 2.19. The Kier molecular flexibility index (Phi) is 6.24. The zero-order valence-corrected chi connectivity index (χ0v) is 16.6. The summed E-state index contributed by atoms with van der Waals surface area (Å²) in [5, 5.41) is 14.0. The van der Waals surface area contributed by atoms with E-state index in [0.29, 0.717) is 30.7 Å². The van der Waals surface area contributed by atoms with Gasteiger partial charge in [-0.3, -0.25) is 4.79 Å². The first kappa shape index (κ1) is 19.6. The number of urea groups is 1. The van der Waals surface area contributed by atoms with Gasteiger partial charge in [-0.15, -0.1) is 5.10 Å². The molecule has 1 aromatic heterocycles. The van der Waals surface area contributed by atoms with Gasteiger partial charge in [0.1, 0.15) is 5.52 Å². The molecule has 0 saturated carbocycles. The fourth-order valence-corrected chi connectivity index (χ4v) is 3.90. The van der Waals surface area contributed by atoms with Gasteiger partial charge < -0.3 is 20.3 Å². The predicted molar refractivity (Wildman–Crippen MR) is 108 cm³/mol. The molecule has 4 rings (SSSR count). The van der Waals surface area contributed by atoms with E-state index in [1.165, 1.54) is 6.42 Å². The largest absolute Gasteiger partial charge is 0.376 e. The molecule has 0 bridgehead atoms. The van der Waals surface area contributed by atoms with E-state index < -0.39 is 0 Å². The molecular weight excluding hydrogens is 372 g/mol. The van der Waals surface area contributed by atoms with Crippen LogP contribution in [0.3, 0.4) is 0 Å². The van der Waals surface area contributed by atoms with Crippen molar-refractivity contribution < 1.29 is 14.3 Å². The summed E-state index contributed by atoms with van der Waals surface area (Å²) in [6.07, 6.45) is 5.50. The van der Waals surface area contributed by atoms with E-state index >= 15 is 0 Å². The number of benzene rings is 1. The first-order valence-electron chi connectivity index (χ1n) is 10.5. The van der Waals surface area contributed by atoms with Crippen LogP contribution < -0.4 is 10.6 Å². The van der Waals surface area contributed by atoms with Gasteiger partial charge in [0, 0.05) is 38.3 Å². The maximum Gasteiger partial charge on any atom is 0.314 e. The lowest BCUT2D eigenvalue weighted by Crippen LogP contribution is -2.40. The number of carbonyl (C=O) groups is 2. The second-order valence-electron chi connectivity index (χ2n) is 7.64. The van der Waals surface area contributed by atoms with Crippen LogP contribution in [-0.4, -0.2) is 70.7 Å². The number of hydrogen-bond donors (Lipinski definition) is 2. The molecule has 2 saturated heterocycles. The Bertz CT molecular complexity index is 855. The number of piperidine rings is 1. The molecule has 0 aliphatic carbocycles. The average Bonchev–Trinajstić information content (AvgIpc) is 3.42. The fourth-order valence-electron chi connectivity index (χ4n) is 3.90. The Labute approximate surface area is 169 Å². The van der Waals surface area contributed by atoms with E-state index in [-0.39, 0.29) is 18.0 Å². The number of nitrogens with zero attached hydrogens (tertiary/aromatic N) is 4. The van der Waals surface area contributed by atoms with Gasteiger partial charge in [-0.05, 0) is 50.3 Å². The van der Waals surface area contributed by atoms with E-state index in [4.69, 9.17) is 4.74 Å². The third kappa shape index (κ3) is 4.84. The van der Waals surface area contributed by atoms with Crippen LogP contribution >= 0.6 is 0 Å². The highest BCUT2D eigenvalue weighted by Crippen LogP contribution is 2.17. The average molecular weight is 400 g/mol. The zero-order valence-electron chi connectivity index (χ0n) is 16.6. The van der Waals surface area contributed by atoms with E-state index in [2.05, 4.69) is 20.9 Å². The zero-order chi connectivity index (χ0) is 20.1. The minimum atomic E-state index is -0.209. The lowest BCUT2D eigenvalue weighted by atomic mass is 10.1. The number of ether oxygens (including phenoxy) is 1. The van der Waals surface area contributed by atoms with Crippen molar-refractivity contribution in [3.8, 4) is 0 Å². The molecule has 0 radical (unpaired) electrons. The molecule has 2 aromatic rings. The number of likely N-dealkylation sites (tertiary alicyclic amines) is 1. The van der Waals surface area contributed by atoms with Crippen LogP contribution in [0.15, 0.2) is 18.2 Å². The maximum absolute atomic E-state index is 12.7. The number of rotatable bonds is 6. The quantitative estimate of drug-likeness (QED) is 0.766. The van der Waals surface area contributed by atoms with Crippen molar-refractivity contribution in [1.29, 1.82) is 0 Å². The van der Waals surface area contributed by atoms with Crippen molar-refractivity contribution >= 4 is 23.0 Å². The van der Waals surface area contributed by atoms with Crippen molar-refractivity contribution in [1.82, 2.24) is 30.5 Å². The minimum Gasteiger partial charge on any atom is -0.376 e. The highest BCUT2D eigenvalue weighted by atomic mass is 16.5. The molecule has 29 heavy (non-hydrogen) atoms. The molecule has 3 heterocycles. The molecule has 2 N–H and O–H groups in total. The van der Waals surface area contributed by atoms with Gasteiger partial charge in [-0.25, -0.2) is 9.48 Å². The number of aromatic nitrogens is 3. The second kappa shape index (κ2) is 9.21. The summed E-state index contributed by atoms with van der Waals surface area (Å²) >= 11 is 0. The lowest BCUT2D eigenvalue weighted by molar-refractivity contribution is 0.0724. The second-order valence-corrected chi connectivity index (χ2v) is 7.64. The molecule has 1 atom stereocenters. The van der Waals surface area contributed by atoms with E-state index in [1.54, 1.807) is 10.7 Å². The van der Waals surface area contributed by atoms with Crippen LogP contribution in [-0.2, 0) is 11.3 Å². The number of carbonyl (C=O) groups excluding carboxylic acids is 2. The van der Waals surface area contributed by atoms with E-state index in [9.17, 15) is 9.59 Å². The van der Waals surface area contributed by atoms with E-state index in [1.807, 2.05) is 17.0 Å². The molecule has 1 aromatic carbocycles. The predicted octanol–water partition coefficient (Wildman–Crippen LogP) is 1.54. The van der Waals surface area contributed by atoms with Crippen molar-refractivity contribution in [2.75, 3.05) is 32.8 Å². The molecular formula is C20H28N6O3. The van der Waals surface area contributed by atoms with Gasteiger partial charge in [0.05, 0.1) is 18.2 Å². The SMILES string of the molecule is O=C(NCCn1nnc2cc(C(=O)N3CCCCC3)ccc21)NCC1CCCO1. The summed E-state index contributed by atoms with van der Waals surface area (Å²) in [6.45, 7) is 3.90. The standard InChI is InChI=1S/C20H28N6O3/c27-19(25-9-2-1-3-10-25)15-6-7-18-17(13-15)23-24-26(18)11-8-21-20(28)22-14-16-5-4-12-29-16/h6-7,13,16H,1-5,8-12,14H2,(H2,21,22,28). The van der Waals surface area contributed by atoms with Crippen molar-refractivity contribution in [2.45, 2.75) is 44.8 Å². The normalized spacial score (nSPS) is 19.4. The Balaban J connectivity index is 1.29. The lowest BCUT2D eigenvalue weighted by Gasteiger charge is -2.26. The molecule has 2 aliphatic rings. The summed E-state index contributed by atoms with van der Waals surface area (Å²) in [7, 11) is 0.